The number of aromatic nitrogens is 2. The molecule has 0 saturated carbocycles. The maximum absolute atomic E-state index is 13.5. The van der Waals surface area contributed by atoms with Crippen LogP contribution in [-0.4, -0.2) is 35.0 Å². The number of aromatic carboxylic acids is 1. The largest absolute Gasteiger partial charge is 0.476 e. The number of carbonyl (C=O) groups is 1. The number of thioether (sulfide) groups is 1. The molecule has 1 aliphatic heterocycles. The number of sulfonamides is 1. The van der Waals surface area contributed by atoms with Gasteiger partial charge < -0.3 is 5.11 Å². The van der Waals surface area contributed by atoms with Crippen molar-refractivity contribution in [2.75, 3.05) is 5.75 Å². The molecule has 1 aliphatic rings. The van der Waals surface area contributed by atoms with Gasteiger partial charge in [0, 0.05) is 18.0 Å². The number of carboxylic acid groups (broad SMARTS) is 1. The Kier molecular flexibility index (Phi) is 4.37. The number of hydrogen-bond acceptors (Lipinski definition) is 5. The Morgan fingerprint density at radius 1 is 1.50 bits per heavy atom. The summed E-state index contributed by atoms with van der Waals surface area (Å²) in [4.78, 5) is 11.7. The van der Waals surface area contributed by atoms with Gasteiger partial charge in [-0.1, -0.05) is 0 Å². The van der Waals surface area contributed by atoms with Gasteiger partial charge in [-0.25, -0.2) is 22.3 Å². The van der Waals surface area contributed by atoms with Gasteiger partial charge in [0.05, 0.1) is 6.20 Å². The minimum Gasteiger partial charge on any atom is -0.476 e. The van der Waals surface area contributed by atoms with E-state index in [2.05, 4.69) is 9.82 Å². The first kappa shape index (κ1) is 16.9. The first-order valence-electron chi connectivity index (χ1n) is 6.99. The van der Waals surface area contributed by atoms with Crippen molar-refractivity contribution in [3.8, 4) is 0 Å². The number of nitrogens with zero attached hydrogens (tertiary/aromatic N) is 2. The molecular weight excluding hydrogens is 357 g/mol. The van der Waals surface area contributed by atoms with E-state index in [-0.39, 0.29) is 0 Å². The summed E-state index contributed by atoms with van der Waals surface area (Å²) in [5.41, 5.74) is 0.128. The predicted molar refractivity (Wildman–Crippen MR) is 85.0 cm³/mol. The number of hydrogen-bond donors (Lipinski definition) is 2. The zero-order valence-corrected chi connectivity index (χ0v) is 14.2. The van der Waals surface area contributed by atoms with E-state index in [1.807, 2.05) is 0 Å². The fraction of sp³-hybridized carbons (Fsp3) is 0.286. The maximum Gasteiger partial charge on any atom is 0.355 e. The van der Waals surface area contributed by atoms with Gasteiger partial charge >= 0.3 is 5.97 Å². The van der Waals surface area contributed by atoms with Gasteiger partial charge in [0.25, 0.3) is 0 Å². The summed E-state index contributed by atoms with van der Waals surface area (Å²) in [5.74, 6) is -1.17. The summed E-state index contributed by atoms with van der Waals surface area (Å²) in [6.07, 6.45) is 1.47. The molecule has 10 heteroatoms. The smallest absolute Gasteiger partial charge is 0.355 e. The lowest BCUT2D eigenvalue weighted by Gasteiger charge is -2.25. The fourth-order valence-corrected chi connectivity index (χ4v) is 5.11. The second kappa shape index (κ2) is 6.19. The van der Waals surface area contributed by atoms with Crippen molar-refractivity contribution in [3.63, 3.8) is 0 Å². The summed E-state index contributed by atoms with van der Waals surface area (Å²) in [6, 6.07) is 3.62. The van der Waals surface area contributed by atoms with Crippen molar-refractivity contribution in [3.05, 3.63) is 41.5 Å². The number of fused-ring (bicyclic) bond motifs is 1. The zero-order chi connectivity index (χ0) is 17.5. The lowest BCUT2D eigenvalue weighted by molar-refractivity contribution is 0.0680. The average molecular weight is 371 g/mol. The molecule has 0 amide bonds. The van der Waals surface area contributed by atoms with E-state index in [9.17, 15) is 22.7 Å². The van der Waals surface area contributed by atoms with Crippen molar-refractivity contribution in [1.29, 1.82) is 0 Å². The van der Waals surface area contributed by atoms with Crippen LogP contribution in [0.1, 0.15) is 28.5 Å². The molecule has 0 aliphatic carbocycles. The Balaban J connectivity index is 1.98. The molecule has 7 nitrogen and oxygen atoms in total. The van der Waals surface area contributed by atoms with Crippen LogP contribution in [-0.2, 0) is 17.1 Å². The summed E-state index contributed by atoms with van der Waals surface area (Å²) < 4.78 is 42.2. The van der Waals surface area contributed by atoms with E-state index in [1.54, 1.807) is 6.07 Å². The number of rotatable bonds is 4. The average Bonchev–Trinajstić information content (AvgIpc) is 2.90. The van der Waals surface area contributed by atoms with Crippen molar-refractivity contribution in [2.45, 2.75) is 22.3 Å². The van der Waals surface area contributed by atoms with Gasteiger partial charge in [-0.3, -0.25) is 4.68 Å². The topological polar surface area (TPSA) is 101 Å². The lowest BCUT2D eigenvalue weighted by Crippen LogP contribution is -2.31. The van der Waals surface area contributed by atoms with Crippen molar-refractivity contribution >= 4 is 27.8 Å². The fourth-order valence-electron chi connectivity index (χ4n) is 2.60. The SMILES string of the molecule is Cn1ncc(S(=O)(=O)NC2CCSc3ccc(F)cc32)c1C(=O)O. The molecular formula is C14H14FN3O4S2. The highest BCUT2D eigenvalue weighted by Crippen LogP contribution is 2.37. The molecule has 24 heavy (non-hydrogen) atoms. The first-order chi connectivity index (χ1) is 11.3. The van der Waals surface area contributed by atoms with Crippen molar-refractivity contribution in [2.24, 2.45) is 7.05 Å². The molecule has 3 rings (SSSR count). The third-order valence-electron chi connectivity index (χ3n) is 3.71. The molecule has 2 N–H and O–H groups in total. The number of nitrogens with one attached hydrogen (secondary N) is 1. The second-order valence-electron chi connectivity index (χ2n) is 5.28. The van der Waals surface area contributed by atoms with Gasteiger partial charge in [-0.05, 0) is 35.9 Å². The summed E-state index contributed by atoms with van der Waals surface area (Å²) in [5, 5.41) is 12.9. The molecule has 0 radical (unpaired) electrons. The third-order valence-corrected chi connectivity index (χ3v) is 6.30. The van der Waals surface area contributed by atoms with Crippen LogP contribution >= 0.6 is 11.8 Å². The van der Waals surface area contributed by atoms with E-state index in [1.165, 1.54) is 30.9 Å². The molecule has 1 atom stereocenters. The Bertz CT molecular complexity index is 911. The zero-order valence-electron chi connectivity index (χ0n) is 12.6. The molecule has 128 valence electrons. The number of benzene rings is 1. The van der Waals surface area contributed by atoms with E-state index < -0.39 is 38.4 Å². The second-order valence-corrected chi connectivity index (χ2v) is 8.10. The predicted octanol–water partition coefficient (Wildman–Crippen LogP) is 1.77. The minimum absolute atomic E-state index is 0.409. The quantitative estimate of drug-likeness (QED) is 0.849. The Morgan fingerprint density at radius 3 is 2.96 bits per heavy atom. The van der Waals surface area contributed by atoms with Crippen LogP contribution in [0, 0.1) is 5.82 Å². The molecule has 0 fully saturated rings. The van der Waals surface area contributed by atoms with Crippen LogP contribution in [0.2, 0.25) is 0 Å². The van der Waals surface area contributed by atoms with E-state index in [0.717, 1.165) is 15.8 Å². The number of aryl methyl sites for hydroxylation is 1. The third kappa shape index (κ3) is 3.04. The summed E-state index contributed by atoms with van der Waals surface area (Å²) in [7, 11) is -2.76. The van der Waals surface area contributed by atoms with E-state index >= 15 is 0 Å². The van der Waals surface area contributed by atoms with E-state index in [0.29, 0.717) is 17.7 Å². The Hall–Kier alpha value is -1.91. The minimum atomic E-state index is -4.12. The maximum atomic E-state index is 13.5. The van der Waals surface area contributed by atoms with Crippen molar-refractivity contribution in [1.82, 2.24) is 14.5 Å². The van der Waals surface area contributed by atoms with Crippen LogP contribution in [0.25, 0.3) is 0 Å². The molecule has 2 aromatic rings. The van der Waals surface area contributed by atoms with Crippen LogP contribution in [0.5, 0.6) is 0 Å². The van der Waals surface area contributed by atoms with Crippen LogP contribution in [0.15, 0.2) is 34.2 Å². The molecule has 2 heterocycles. The normalized spacial score (nSPS) is 17.5. The van der Waals surface area contributed by atoms with Gasteiger partial charge in [0.2, 0.25) is 10.0 Å². The van der Waals surface area contributed by atoms with Crippen LogP contribution < -0.4 is 4.72 Å². The van der Waals surface area contributed by atoms with Gasteiger partial charge in [-0.2, -0.15) is 5.10 Å². The number of carboxylic acids is 1. The first-order valence-corrected chi connectivity index (χ1v) is 9.46. The molecule has 1 unspecified atom stereocenters. The highest BCUT2D eigenvalue weighted by molar-refractivity contribution is 7.99. The van der Waals surface area contributed by atoms with Crippen LogP contribution in [0.3, 0.4) is 0 Å². The Morgan fingerprint density at radius 2 is 2.25 bits per heavy atom. The summed E-state index contributed by atoms with van der Waals surface area (Å²) >= 11 is 1.52. The van der Waals surface area contributed by atoms with Gasteiger partial charge in [-0.15, -0.1) is 11.8 Å². The molecule has 1 aromatic heterocycles. The highest BCUT2D eigenvalue weighted by atomic mass is 32.2. The highest BCUT2D eigenvalue weighted by Gasteiger charge is 2.31. The summed E-state index contributed by atoms with van der Waals surface area (Å²) in [6.45, 7) is 0. The van der Waals surface area contributed by atoms with Gasteiger partial charge in [0.15, 0.2) is 5.69 Å². The monoisotopic (exact) mass is 371 g/mol. The molecule has 1 aromatic carbocycles. The van der Waals surface area contributed by atoms with E-state index in [4.69, 9.17) is 0 Å². The van der Waals surface area contributed by atoms with Crippen LogP contribution in [0.4, 0.5) is 4.39 Å². The standard InChI is InChI=1S/C14H14FN3O4S2/c1-18-13(14(19)20)12(7-16-18)24(21,22)17-10-4-5-23-11-3-2-8(15)6-9(10)11/h2-3,6-7,10,17H,4-5H2,1H3,(H,19,20). The van der Waals surface area contributed by atoms with Crippen molar-refractivity contribution < 1.29 is 22.7 Å². The van der Waals surface area contributed by atoms with Gasteiger partial charge in [0.1, 0.15) is 10.7 Å². The lowest BCUT2D eigenvalue weighted by atomic mass is 10.0. The molecule has 0 bridgehead atoms. The number of halogens is 1. The molecule has 0 saturated heterocycles. The Labute approximate surface area is 141 Å². The molecule has 0 spiro atoms.